The van der Waals surface area contributed by atoms with Gasteiger partial charge in [-0.15, -0.1) is 0 Å². The predicted octanol–water partition coefficient (Wildman–Crippen LogP) is 6.06. The van der Waals surface area contributed by atoms with Crippen LogP contribution in [0, 0.1) is 5.82 Å². The third-order valence-corrected chi connectivity index (χ3v) is 5.73. The molecule has 4 rings (SSSR count). The molecule has 150 valence electrons. The lowest BCUT2D eigenvalue weighted by atomic mass is 10.2. The van der Waals surface area contributed by atoms with E-state index >= 15 is 0 Å². The van der Waals surface area contributed by atoms with Crippen molar-refractivity contribution in [3.05, 3.63) is 99.1 Å². The summed E-state index contributed by atoms with van der Waals surface area (Å²) in [6, 6.07) is 21.4. The van der Waals surface area contributed by atoms with Gasteiger partial charge < -0.3 is 10.1 Å². The van der Waals surface area contributed by atoms with Crippen LogP contribution in [-0.4, -0.2) is 11.1 Å². The number of hydrogen-bond acceptors (Lipinski definition) is 4. The number of amidine groups is 1. The Morgan fingerprint density at radius 1 is 1.07 bits per heavy atom. The first-order valence-electron chi connectivity index (χ1n) is 9.08. The van der Waals surface area contributed by atoms with Crippen LogP contribution in [0.2, 0.25) is 0 Å². The molecule has 0 radical (unpaired) electrons. The van der Waals surface area contributed by atoms with Crippen LogP contribution in [0.3, 0.4) is 0 Å². The van der Waals surface area contributed by atoms with Crippen LogP contribution in [0.1, 0.15) is 11.1 Å². The highest BCUT2D eigenvalue weighted by Gasteiger charge is 2.23. The monoisotopic (exact) mass is 482 g/mol. The van der Waals surface area contributed by atoms with Crippen LogP contribution < -0.4 is 10.1 Å². The van der Waals surface area contributed by atoms with Gasteiger partial charge in [-0.2, -0.15) is 0 Å². The zero-order chi connectivity index (χ0) is 20.9. The van der Waals surface area contributed by atoms with E-state index in [9.17, 15) is 9.18 Å². The molecule has 0 bridgehead atoms. The van der Waals surface area contributed by atoms with Crippen molar-refractivity contribution in [2.75, 3.05) is 0 Å². The van der Waals surface area contributed by atoms with Crippen molar-refractivity contribution < 1.29 is 13.9 Å². The van der Waals surface area contributed by atoms with Crippen LogP contribution in [0.5, 0.6) is 5.75 Å². The molecular weight excluding hydrogens is 467 g/mol. The standard InChI is InChI=1S/C23H16BrFN2O2S/c24-19-12-16(6-11-20(19)29-14-15-4-2-1-3-5-15)13-21-22(28)27-23(30-21)26-18-9-7-17(25)8-10-18/h1-13H,14H2,(H,26,27,28)/b21-13+. The lowest BCUT2D eigenvalue weighted by Gasteiger charge is -2.09. The summed E-state index contributed by atoms with van der Waals surface area (Å²) < 4.78 is 19.7. The van der Waals surface area contributed by atoms with E-state index < -0.39 is 0 Å². The number of ether oxygens (including phenoxy) is 1. The fourth-order valence-electron chi connectivity index (χ4n) is 2.72. The maximum Gasteiger partial charge on any atom is 0.264 e. The number of nitrogens with zero attached hydrogens (tertiary/aromatic N) is 1. The van der Waals surface area contributed by atoms with Gasteiger partial charge in [0.1, 0.15) is 18.2 Å². The van der Waals surface area contributed by atoms with E-state index in [2.05, 4.69) is 26.2 Å². The minimum absolute atomic E-state index is 0.221. The molecule has 0 saturated carbocycles. The summed E-state index contributed by atoms with van der Waals surface area (Å²) in [4.78, 5) is 17.1. The van der Waals surface area contributed by atoms with E-state index in [1.165, 1.54) is 23.9 Å². The molecular formula is C23H16BrFN2O2S. The largest absolute Gasteiger partial charge is 0.488 e. The number of nitrogens with one attached hydrogen (secondary N) is 1. The molecule has 0 spiro atoms. The van der Waals surface area contributed by atoms with E-state index in [1.807, 2.05) is 48.5 Å². The lowest BCUT2D eigenvalue weighted by Crippen LogP contribution is -2.19. The number of carbonyl (C=O) groups excluding carboxylic acids is 1. The number of aliphatic imine (C=N–C) groups is 1. The van der Waals surface area contributed by atoms with Crippen molar-refractivity contribution in [2.45, 2.75) is 6.61 Å². The van der Waals surface area contributed by atoms with E-state index in [-0.39, 0.29) is 11.7 Å². The first-order valence-corrected chi connectivity index (χ1v) is 10.7. The minimum atomic E-state index is -0.329. The average Bonchev–Trinajstić information content (AvgIpc) is 3.08. The molecule has 1 amide bonds. The summed E-state index contributed by atoms with van der Waals surface area (Å²) in [7, 11) is 0. The normalized spacial score (nSPS) is 16.1. The fraction of sp³-hybridized carbons (Fsp3) is 0.0435. The molecule has 1 aliphatic heterocycles. The second-order valence-corrected chi connectivity index (χ2v) is 8.31. The number of amides is 1. The zero-order valence-corrected chi connectivity index (χ0v) is 18.0. The molecule has 4 nitrogen and oxygen atoms in total. The molecule has 0 aliphatic carbocycles. The van der Waals surface area contributed by atoms with Crippen LogP contribution in [0.15, 0.2) is 87.2 Å². The third-order valence-electron chi connectivity index (χ3n) is 4.20. The molecule has 1 fully saturated rings. The molecule has 7 heteroatoms. The van der Waals surface area contributed by atoms with Gasteiger partial charge in [-0.05, 0) is 81.3 Å². The number of benzene rings is 3. The Morgan fingerprint density at radius 3 is 2.57 bits per heavy atom. The Bertz CT molecular complexity index is 1130. The molecule has 1 saturated heterocycles. The van der Waals surface area contributed by atoms with Crippen molar-refractivity contribution in [2.24, 2.45) is 4.99 Å². The SMILES string of the molecule is O=C1NC(=Nc2ccc(F)cc2)S/C1=C/c1ccc(OCc2ccccc2)c(Br)c1. The Kier molecular flexibility index (Phi) is 6.30. The highest BCUT2D eigenvalue weighted by molar-refractivity contribution is 9.10. The highest BCUT2D eigenvalue weighted by atomic mass is 79.9. The summed E-state index contributed by atoms with van der Waals surface area (Å²) in [5, 5.41) is 3.19. The first kappa shape index (κ1) is 20.4. The maximum atomic E-state index is 13.0. The summed E-state index contributed by atoms with van der Waals surface area (Å²) >= 11 is 4.77. The van der Waals surface area contributed by atoms with E-state index in [4.69, 9.17) is 4.74 Å². The van der Waals surface area contributed by atoms with Crippen molar-refractivity contribution >= 4 is 50.5 Å². The molecule has 1 N–H and O–H groups in total. The highest BCUT2D eigenvalue weighted by Crippen LogP contribution is 2.31. The van der Waals surface area contributed by atoms with Gasteiger partial charge in [-0.3, -0.25) is 4.79 Å². The van der Waals surface area contributed by atoms with Crippen LogP contribution >= 0.6 is 27.7 Å². The molecule has 30 heavy (non-hydrogen) atoms. The van der Waals surface area contributed by atoms with E-state index in [0.717, 1.165) is 21.3 Å². The summed E-state index contributed by atoms with van der Waals surface area (Å²) in [5.74, 6) is 0.175. The Balaban J connectivity index is 1.45. The third kappa shape index (κ3) is 5.17. The van der Waals surface area contributed by atoms with E-state index in [1.54, 1.807) is 18.2 Å². The molecule has 0 aromatic heterocycles. The molecule has 1 aliphatic rings. The van der Waals surface area contributed by atoms with Crippen molar-refractivity contribution in [1.29, 1.82) is 0 Å². The average molecular weight is 483 g/mol. The maximum absolute atomic E-state index is 13.0. The summed E-state index contributed by atoms with van der Waals surface area (Å²) in [6.45, 7) is 0.474. The Labute approximate surface area is 186 Å². The van der Waals surface area contributed by atoms with Crippen LogP contribution in [-0.2, 0) is 11.4 Å². The Hall–Kier alpha value is -2.90. The molecule has 1 heterocycles. The van der Waals surface area contributed by atoms with Gasteiger partial charge in [0.05, 0.1) is 15.1 Å². The van der Waals surface area contributed by atoms with Crippen LogP contribution in [0.4, 0.5) is 10.1 Å². The van der Waals surface area contributed by atoms with Gasteiger partial charge in [0.25, 0.3) is 5.91 Å². The second kappa shape index (κ2) is 9.28. The summed E-state index contributed by atoms with van der Waals surface area (Å²) in [5.41, 5.74) is 2.51. The van der Waals surface area contributed by atoms with Crippen molar-refractivity contribution in [3.63, 3.8) is 0 Å². The minimum Gasteiger partial charge on any atom is -0.488 e. The number of thioether (sulfide) groups is 1. The van der Waals surface area contributed by atoms with Gasteiger partial charge in [0, 0.05) is 0 Å². The molecule has 0 unspecified atom stereocenters. The number of hydrogen-bond donors (Lipinski definition) is 1. The van der Waals surface area contributed by atoms with Crippen LogP contribution in [0.25, 0.3) is 6.08 Å². The van der Waals surface area contributed by atoms with E-state index in [0.29, 0.717) is 22.4 Å². The first-order chi connectivity index (χ1) is 14.6. The van der Waals surface area contributed by atoms with Gasteiger partial charge in [-0.25, -0.2) is 9.38 Å². The van der Waals surface area contributed by atoms with Crippen molar-refractivity contribution in [3.8, 4) is 5.75 Å². The lowest BCUT2D eigenvalue weighted by molar-refractivity contribution is -0.115. The Morgan fingerprint density at radius 2 is 1.83 bits per heavy atom. The van der Waals surface area contributed by atoms with Gasteiger partial charge in [0.2, 0.25) is 0 Å². The van der Waals surface area contributed by atoms with Gasteiger partial charge in [-0.1, -0.05) is 36.4 Å². The molecule has 3 aromatic carbocycles. The molecule has 0 atom stereocenters. The number of rotatable bonds is 5. The predicted molar refractivity (Wildman–Crippen MR) is 122 cm³/mol. The van der Waals surface area contributed by atoms with Crippen molar-refractivity contribution in [1.82, 2.24) is 5.32 Å². The smallest absolute Gasteiger partial charge is 0.264 e. The second-order valence-electron chi connectivity index (χ2n) is 6.42. The van der Waals surface area contributed by atoms with Gasteiger partial charge >= 0.3 is 0 Å². The fourth-order valence-corrected chi connectivity index (χ4v) is 4.08. The number of halogens is 2. The topological polar surface area (TPSA) is 50.7 Å². The quantitative estimate of drug-likeness (QED) is 0.449. The van der Waals surface area contributed by atoms with Gasteiger partial charge in [0.15, 0.2) is 5.17 Å². The molecule has 3 aromatic rings. The zero-order valence-electron chi connectivity index (χ0n) is 15.6. The summed E-state index contributed by atoms with van der Waals surface area (Å²) in [6.07, 6.45) is 1.79. The number of carbonyl (C=O) groups is 1.